The minimum Gasteiger partial charge on any atom is -0.508 e. The van der Waals surface area contributed by atoms with Crippen LogP contribution in [-0.2, 0) is 11.2 Å². The number of hydrazone groups is 1. The summed E-state index contributed by atoms with van der Waals surface area (Å²) < 4.78 is 0. The van der Waals surface area contributed by atoms with Crippen LogP contribution in [0.4, 0.5) is 5.69 Å². The van der Waals surface area contributed by atoms with Gasteiger partial charge in [0.25, 0.3) is 5.91 Å². The molecule has 0 aliphatic carbocycles. The van der Waals surface area contributed by atoms with Crippen molar-refractivity contribution in [1.29, 1.82) is 0 Å². The van der Waals surface area contributed by atoms with Gasteiger partial charge < -0.3 is 10.0 Å². The normalized spacial score (nSPS) is 14.1. The Balaban J connectivity index is 1.65. The molecule has 2 N–H and O–H groups in total. The van der Waals surface area contributed by atoms with Crippen LogP contribution < -0.4 is 10.3 Å². The molecule has 0 saturated carbocycles. The monoisotopic (exact) mass is 337 g/mol. The fourth-order valence-corrected chi connectivity index (χ4v) is 3.12. The van der Waals surface area contributed by atoms with Gasteiger partial charge in [-0.3, -0.25) is 4.79 Å². The molecule has 2 aromatic rings. The SMILES string of the molecule is CC/C(=N\NC(=O)CN1CCCc2ccccc21)c1ccc(O)cc1. The molecule has 0 atom stereocenters. The molecule has 3 rings (SSSR count). The van der Waals surface area contributed by atoms with Crippen LogP contribution in [0.25, 0.3) is 0 Å². The highest BCUT2D eigenvalue weighted by atomic mass is 16.3. The fraction of sp³-hybridized carbons (Fsp3) is 0.300. The number of nitrogens with one attached hydrogen (secondary N) is 1. The Kier molecular flexibility index (Phi) is 5.33. The summed E-state index contributed by atoms with van der Waals surface area (Å²) in [6, 6.07) is 15.1. The van der Waals surface area contributed by atoms with Gasteiger partial charge in [0.15, 0.2) is 0 Å². The number of phenols is 1. The number of aromatic hydroxyl groups is 1. The second-order valence-corrected chi connectivity index (χ2v) is 6.15. The predicted octanol–water partition coefficient (Wildman–Crippen LogP) is 3.08. The summed E-state index contributed by atoms with van der Waals surface area (Å²) in [6.07, 6.45) is 2.81. The van der Waals surface area contributed by atoms with Crippen molar-refractivity contribution in [2.45, 2.75) is 26.2 Å². The van der Waals surface area contributed by atoms with Gasteiger partial charge in [-0.15, -0.1) is 0 Å². The maximum absolute atomic E-state index is 12.3. The zero-order valence-electron chi connectivity index (χ0n) is 14.4. The largest absolute Gasteiger partial charge is 0.508 e. The van der Waals surface area contributed by atoms with Gasteiger partial charge in [0.05, 0.1) is 12.3 Å². The second-order valence-electron chi connectivity index (χ2n) is 6.15. The molecule has 0 saturated heterocycles. The van der Waals surface area contributed by atoms with Gasteiger partial charge in [0.1, 0.15) is 5.75 Å². The van der Waals surface area contributed by atoms with E-state index >= 15 is 0 Å². The summed E-state index contributed by atoms with van der Waals surface area (Å²) in [5.41, 5.74) is 6.78. The third-order valence-electron chi connectivity index (χ3n) is 4.39. The van der Waals surface area contributed by atoms with Crippen LogP contribution in [0.5, 0.6) is 5.75 Å². The van der Waals surface area contributed by atoms with Crippen LogP contribution in [-0.4, -0.2) is 29.8 Å². The maximum atomic E-state index is 12.3. The van der Waals surface area contributed by atoms with Crippen LogP contribution in [0, 0.1) is 0 Å². The molecular formula is C20H23N3O2. The molecule has 0 aromatic heterocycles. The highest BCUT2D eigenvalue weighted by Gasteiger charge is 2.18. The standard InChI is InChI=1S/C20H23N3O2/c1-2-18(15-9-11-17(24)12-10-15)21-22-20(25)14-23-13-5-7-16-6-3-4-8-19(16)23/h3-4,6,8-12,24H,2,5,7,13-14H2,1H3,(H,22,25)/b21-18+. The van der Waals surface area contributed by atoms with Gasteiger partial charge in [-0.2, -0.15) is 5.10 Å². The molecule has 5 nitrogen and oxygen atoms in total. The van der Waals surface area contributed by atoms with Crippen molar-refractivity contribution in [2.24, 2.45) is 5.10 Å². The Labute approximate surface area is 148 Å². The Bertz CT molecular complexity index is 769. The molecule has 0 unspecified atom stereocenters. The predicted molar refractivity (Wildman–Crippen MR) is 100 cm³/mol. The highest BCUT2D eigenvalue weighted by Crippen LogP contribution is 2.26. The lowest BCUT2D eigenvalue weighted by atomic mass is 10.0. The van der Waals surface area contributed by atoms with E-state index in [2.05, 4.69) is 27.6 Å². The number of phenolic OH excluding ortho intramolecular Hbond substituents is 1. The lowest BCUT2D eigenvalue weighted by molar-refractivity contribution is -0.119. The van der Waals surface area contributed by atoms with E-state index in [0.29, 0.717) is 13.0 Å². The minimum atomic E-state index is -0.124. The molecule has 0 fully saturated rings. The van der Waals surface area contributed by atoms with Gasteiger partial charge in [-0.1, -0.05) is 25.1 Å². The molecule has 1 aliphatic heterocycles. The van der Waals surface area contributed by atoms with Gasteiger partial charge in [0.2, 0.25) is 0 Å². The van der Waals surface area contributed by atoms with E-state index < -0.39 is 0 Å². The van der Waals surface area contributed by atoms with Crippen LogP contribution in [0.15, 0.2) is 53.6 Å². The first-order valence-corrected chi connectivity index (χ1v) is 8.65. The van der Waals surface area contributed by atoms with Crippen molar-refractivity contribution >= 4 is 17.3 Å². The third kappa shape index (κ3) is 4.18. The highest BCUT2D eigenvalue weighted by molar-refractivity contribution is 6.01. The summed E-state index contributed by atoms with van der Waals surface area (Å²) >= 11 is 0. The fourth-order valence-electron chi connectivity index (χ4n) is 3.12. The van der Waals surface area contributed by atoms with Crippen molar-refractivity contribution < 1.29 is 9.90 Å². The van der Waals surface area contributed by atoms with E-state index in [9.17, 15) is 9.90 Å². The van der Waals surface area contributed by atoms with Crippen LogP contribution in [0.3, 0.4) is 0 Å². The molecule has 130 valence electrons. The third-order valence-corrected chi connectivity index (χ3v) is 4.39. The molecule has 2 aromatic carbocycles. The topological polar surface area (TPSA) is 64.9 Å². The molecule has 0 radical (unpaired) electrons. The Hall–Kier alpha value is -2.82. The van der Waals surface area contributed by atoms with Crippen molar-refractivity contribution in [2.75, 3.05) is 18.0 Å². The van der Waals surface area contributed by atoms with E-state index in [1.165, 1.54) is 5.56 Å². The summed E-state index contributed by atoms with van der Waals surface area (Å²) in [5.74, 6) is 0.0911. The van der Waals surface area contributed by atoms with Crippen LogP contribution in [0.2, 0.25) is 0 Å². The number of hydrogen-bond donors (Lipinski definition) is 2. The number of aryl methyl sites for hydroxylation is 1. The first-order chi connectivity index (χ1) is 12.2. The first kappa shape index (κ1) is 17.0. The molecule has 5 heteroatoms. The van der Waals surface area contributed by atoms with E-state index in [1.54, 1.807) is 24.3 Å². The maximum Gasteiger partial charge on any atom is 0.259 e. The molecular weight excluding hydrogens is 314 g/mol. The van der Waals surface area contributed by atoms with Crippen molar-refractivity contribution in [3.63, 3.8) is 0 Å². The Morgan fingerprint density at radius 2 is 1.96 bits per heavy atom. The lowest BCUT2D eigenvalue weighted by Crippen LogP contribution is -2.38. The zero-order valence-corrected chi connectivity index (χ0v) is 14.4. The quantitative estimate of drug-likeness (QED) is 0.651. The zero-order chi connectivity index (χ0) is 17.6. The van der Waals surface area contributed by atoms with Gasteiger partial charge in [-0.05, 0) is 60.7 Å². The van der Waals surface area contributed by atoms with E-state index in [0.717, 1.165) is 36.3 Å². The second kappa shape index (κ2) is 7.83. The number of nitrogens with zero attached hydrogens (tertiary/aromatic N) is 2. The molecule has 25 heavy (non-hydrogen) atoms. The molecule has 1 aliphatic rings. The number of rotatable bonds is 5. The Morgan fingerprint density at radius 1 is 1.20 bits per heavy atom. The number of fused-ring (bicyclic) bond motifs is 1. The summed E-state index contributed by atoms with van der Waals surface area (Å²) in [4.78, 5) is 14.4. The number of amides is 1. The summed E-state index contributed by atoms with van der Waals surface area (Å²) in [6.45, 7) is 3.17. The molecule has 1 amide bonds. The first-order valence-electron chi connectivity index (χ1n) is 8.65. The number of hydrogen-bond acceptors (Lipinski definition) is 4. The molecule has 0 bridgehead atoms. The average molecular weight is 337 g/mol. The van der Waals surface area contributed by atoms with Crippen molar-refractivity contribution in [1.82, 2.24) is 5.43 Å². The van der Waals surface area contributed by atoms with E-state index in [4.69, 9.17) is 0 Å². The van der Waals surface area contributed by atoms with Crippen LogP contribution >= 0.6 is 0 Å². The van der Waals surface area contributed by atoms with Crippen molar-refractivity contribution in [3.8, 4) is 5.75 Å². The summed E-state index contributed by atoms with van der Waals surface area (Å²) in [5, 5.41) is 13.6. The number of carbonyl (C=O) groups is 1. The molecule has 0 spiro atoms. The van der Waals surface area contributed by atoms with E-state index in [1.807, 2.05) is 19.1 Å². The summed E-state index contributed by atoms with van der Waals surface area (Å²) in [7, 11) is 0. The van der Waals surface area contributed by atoms with Gasteiger partial charge >= 0.3 is 0 Å². The number of benzene rings is 2. The Morgan fingerprint density at radius 3 is 2.72 bits per heavy atom. The minimum absolute atomic E-state index is 0.124. The lowest BCUT2D eigenvalue weighted by Gasteiger charge is -2.30. The van der Waals surface area contributed by atoms with E-state index in [-0.39, 0.29) is 11.7 Å². The number of carbonyl (C=O) groups excluding carboxylic acids is 1. The molecule has 1 heterocycles. The smallest absolute Gasteiger partial charge is 0.259 e. The van der Waals surface area contributed by atoms with Gasteiger partial charge in [-0.25, -0.2) is 5.43 Å². The number of anilines is 1. The number of para-hydroxylation sites is 1. The van der Waals surface area contributed by atoms with Crippen molar-refractivity contribution in [3.05, 3.63) is 59.7 Å². The van der Waals surface area contributed by atoms with Gasteiger partial charge in [0, 0.05) is 12.2 Å². The average Bonchev–Trinajstić information content (AvgIpc) is 2.64. The van der Waals surface area contributed by atoms with Crippen LogP contribution in [0.1, 0.15) is 30.9 Å².